The highest BCUT2D eigenvalue weighted by atomic mass is 16.1. The van der Waals surface area contributed by atoms with Gasteiger partial charge in [-0.3, -0.25) is 4.79 Å². The molecule has 1 heterocycles. The molecule has 3 rings (SSSR count). The molecule has 1 N–H and O–H groups in total. The Balaban J connectivity index is 1.93. The fourth-order valence-electron chi connectivity index (χ4n) is 1.87. The predicted octanol–water partition coefficient (Wildman–Crippen LogP) is 2.89. The van der Waals surface area contributed by atoms with Crippen molar-refractivity contribution in [1.29, 1.82) is 0 Å². The van der Waals surface area contributed by atoms with Crippen LogP contribution in [0.15, 0.2) is 48.7 Å². The van der Waals surface area contributed by atoms with Crippen molar-refractivity contribution >= 4 is 11.6 Å². The Morgan fingerprint density at radius 3 is 2.61 bits per heavy atom. The summed E-state index contributed by atoms with van der Waals surface area (Å²) in [7, 11) is 0. The molecule has 1 aromatic heterocycles. The predicted molar refractivity (Wildman–Crippen MR) is 70.8 cm³/mol. The van der Waals surface area contributed by atoms with Crippen LogP contribution in [-0.2, 0) is 0 Å². The van der Waals surface area contributed by atoms with Gasteiger partial charge in [0.15, 0.2) is 5.78 Å². The van der Waals surface area contributed by atoms with E-state index in [2.05, 4.69) is 10.3 Å². The number of carbonyl (C=O) groups excluding carboxylic acids is 1. The van der Waals surface area contributed by atoms with Crippen LogP contribution in [0, 0.1) is 0 Å². The van der Waals surface area contributed by atoms with Gasteiger partial charge in [-0.15, -0.1) is 0 Å². The maximum absolute atomic E-state index is 12.4. The number of pyridine rings is 1. The number of ketones is 1. The van der Waals surface area contributed by atoms with Gasteiger partial charge in [0, 0.05) is 17.8 Å². The molecule has 0 amide bonds. The van der Waals surface area contributed by atoms with E-state index in [0.717, 1.165) is 12.8 Å². The SMILES string of the molecule is O=C(c1ccccc1)c1cccnc1NC1CC1. The highest BCUT2D eigenvalue weighted by molar-refractivity contribution is 6.11. The van der Waals surface area contributed by atoms with Crippen LogP contribution < -0.4 is 5.32 Å². The smallest absolute Gasteiger partial charge is 0.196 e. The molecule has 0 unspecified atom stereocenters. The molecule has 1 aromatic carbocycles. The van der Waals surface area contributed by atoms with Crippen molar-refractivity contribution in [2.75, 3.05) is 5.32 Å². The van der Waals surface area contributed by atoms with Crippen LogP contribution >= 0.6 is 0 Å². The molecule has 3 nitrogen and oxygen atoms in total. The van der Waals surface area contributed by atoms with Gasteiger partial charge in [-0.1, -0.05) is 30.3 Å². The fourth-order valence-corrected chi connectivity index (χ4v) is 1.87. The molecular weight excluding hydrogens is 224 g/mol. The maximum Gasteiger partial charge on any atom is 0.196 e. The van der Waals surface area contributed by atoms with Crippen molar-refractivity contribution in [2.24, 2.45) is 0 Å². The Labute approximate surface area is 106 Å². The second-order valence-electron chi connectivity index (χ2n) is 4.51. The van der Waals surface area contributed by atoms with Gasteiger partial charge in [-0.05, 0) is 25.0 Å². The summed E-state index contributed by atoms with van der Waals surface area (Å²) in [5, 5.41) is 3.30. The van der Waals surface area contributed by atoms with Crippen LogP contribution in [0.2, 0.25) is 0 Å². The number of anilines is 1. The normalized spacial score (nSPS) is 14.2. The molecule has 1 saturated carbocycles. The molecule has 0 atom stereocenters. The molecule has 1 fully saturated rings. The van der Waals surface area contributed by atoms with Gasteiger partial charge in [0.1, 0.15) is 5.82 Å². The lowest BCUT2D eigenvalue weighted by atomic mass is 10.0. The second kappa shape index (κ2) is 4.61. The van der Waals surface area contributed by atoms with Crippen LogP contribution in [0.5, 0.6) is 0 Å². The van der Waals surface area contributed by atoms with E-state index in [4.69, 9.17) is 0 Å². The van der Waals surface area contributed by atoms with E-state index in [1.54, 1.807) is 12.3 Å². The zero-order chi connectivity index (χ0) is 12.4. The number of carbonyl (C=O) groups is 1. The molecule has 0 bridgehead atoms. The van der Waals surface area contributed by atoms with Crippen molar-refractivity contribution < 1.29 is 4.79 Å². The fraction of sp³-hybridized carbons (Fsp3) is 0.200. The Bertz CT molecular complexity index is 562. The number of aromatic nitrogens is 1. The first-order valence-corrected chi connectivity index (χ1v) is 6.16. The summed E-state index contributed by atoms with van der Waals surface area (Å²) < 4.78 is 0. The van der Waals surface area contributed by atoms with Crippen molar-refractivity contribution in [1.82, 2.24) is 4.98 Å². The molecule has 0 radical (unpaired) electrons. The van der Waals surface area contributed by atoms with Gasteiger partial charge < -0.3 is 5.32 Å². The summed E-state index contributed by atoms with van der Waals surface area (Å²) in [5.41, 5.74) is 1.35. The van der Waals surface area contributed by atoms with Gasteiger partial charge >= 0.3 is 0 Å². The molecule has 0 saturated heterocycles. The second-order valence-corrected chi connectivity index (χ2v) is 4.51. The number of nitrogens with one attached hydrogen (secondary N) is 1. The van der Waals surface area contributed by atoms with E-state index >= 15 is 0 Å². The number of nitrogens with zero attached hydrogens (tertiary/aromatic N) is 1. The van der Waals surface area contributed by atoms with Gasteiger partial charge in [0.2, 0.25) is 0 Å². The van der Waals surface area contributed by atoms with Gasteiger partial charge in [-0.2, -0.15) is 0 Å². The summed E-state index contributed by atoms with van der Waals surface area (Å²) in [5.74, 6) is 0.723. The third kappa shape index (κ3) is 2.25. The van der Waals surface area contributed by atoms with E-state index in [-0.39, 0.29) is 5.78 Å². The van der Waals surface area contributed by atoms with Crippen molar-refractivity contribution in [3.05, 3.63) is 59.8 Å². The number of benzene rings is 1. The number of rotatable bonds is 4. The third-order valence-electron chi connectivity index (χ3n) is 3.01. The highest BCUT2D eigenvalue weighted by Crippen LogP contribution is 2.26. The first kappa shape index (κ1) is 11.0. The average molecular weight is 238 g/mol. The van der Waals surface area contributed by atoms with Gasteiger partial charge in [-0.25, -0.2) is 4.98 Å². The summed E-state index contributed by atoms with van der Waals surface area (Å²) in [6, 6.07) is 13.4. The molecule has 1 aliphatic carbocycles. The largest absolute Gasteiger partial charge is 0.367 e. The molecular formula is C15H14N2O. The molecule has 1 aliphatic rings. The lowest BCUT2D eigenvalue weighted by Crippen LogP contribution is -2.10. The van der Waals surface area contributed by atoms with Crippen molar-refractivity contribution in [2.45, 2.75) is 18.9 Å². The molecule has 90 valence electrons. The summed E-state index contributed by atoms with van der Waals surface area (Å²) in [6.45, 7) is 0. The van der Waals surface area contributed by atoms with Crippen LogP contribution in [0.1, 0.15) is 28.8 Å². The monoisotopic (exact) mass is 238 g/mol. The van der Waals surface area contributed by atoms with E-state index < -0.39 is 0 Å². The third-order valence-corrected chi connectivity index (χ3v) is 3.01. The zero-order valence-corrected chi connectivity index (χ0v) is 9.97. The molecule has 0 aliphatic heterocycles. The minimum atomic E-state index is 0.0202. The topological polar surface area (TPSA) is 42.0 Å². The van der Waals surface area contributed by atoms with Gasteiger partial charge in [0.05, 0.1) is 5.56 Å². The van der Waals surface area contributed by atoms with Crippen molar-refractivity contribution in [3.63, 3.8) is 0 Å². The molecule has 0 spiro atoms. The molecule has 3 heteroatoms. The maximum atomic E-state index is 12.4. The molecule has 18 heavy (non-hydrogen) atoms. The summed E-state index contributed by atoms with van der Waals surface area (Å²) in [4.78, 5) is 16.7. The Hall–Kier alpha value is -2.16. The number of hydrogen-bond acceptors (Lipinski definition) is 3. The van der Waals surface area contributed by atoms with Crippen LogP contribution in [0.25, 0.3) is 0 Å². The minimum Gasteiger partial charge on any atom is -0.367 e. The summed E-state index contributed by atoms with van der Waals surface area (Å²) in [6.07, 6.45) is 4.04. The van der Waals surface area contributed by atoms with E-state index in [9.17, 15) is 4.79 Å². The van der Waals surface area contributed by atoms with Crippen molar-refractivity contribution in [3.8, 4) is 0 Å². The lowest BCUT2D eigenvalue weighted by Gasteiger charge is -2.09. The lowest BCUT2D eigenvalue weighted by molar-refractivity contribution is 0.103. The Kier molecular flexibility index (Phi) is 2.81. The average Bonchev–Trinajstić information content (AvgIpc) is 3.24. The van der Waals surface area contributed by atoms with E-state index in [1.807, 2.05) is 36.4 Å². The van der Waals surface area contributed by atoms with E-state index in [0.29, 0.717) is 23.0 Å². The first-order valence-electron chi connectivity index (χ1n) is 6.16. The van der Waals surface area contributed by atoms with Crippen LogP contribution in [0.4, 0.5) is 5.82 Å². The quantitative estimate of drug-likeness (QED) is 0.833. The number of hydrogen-bond donors (Lipinski definition) is 1. The molecule has 2 aromatic rings. The zero-order valence-electron chi connectivity index (χ0n) is 9.97. The highest BCUT2D eigenvalue weighted by Gasteiger charge is 2.24. The Morgan fingerprint density at radius 2 is 1.89 bits per heavy atom. The Morgan fingerprint density at radius 1 is 1.11 bits per heavy atom. The van der Waals surface area contributed by atoms with Crippen LogP contribution in [0.3, 0.4) is 0 Å². The van der Waals surface area contributed by atoms with Gasteiger partial charge in [0.25, 0.3) is 0 Å². The van der Waals surface area contributed by atoms with Crippen LogP contribution in [-0.4, -0.2) is 16.8 Å². The summed E-state index contributed by atoms with van der Waals surface area (Å²) >= 11 is 0. The van der Waals surface area contributed by atoms with E-state index in [1.165, 1.54) is 0 Å². The first-order chi connectivity index (χ1) is 8.84. The minimum absolute atomic E-state index is 0.0202. The standard InChI is InChI=1S/C15H14N2O/c18-14(11-5-2-1-3-6-11)13-7-4-10-16-15(13)17-12-8-9-12/h1-7,10,12H,8-9H2,(H,16,17).